The number of carbonyl (C=O) groups is 1. The minimum atomic E-state index is -0.360. The maximum Gasteiger partial charge on any atom is 0.265 e. The van der Waals surface area contributed by atoms with Crippen molar-refractivity contribution in [1.29, 1.82) is 0 Å². The predicted octanol–water partition coefficient (Wildman–Crippen LogP) is 3.00. The maximum absolute atomic E-state index is 11.7. The molecular weight excluding hydrogens is 270 g/mol. The Labute approximate surface area is 103 Å². The van der Waals surface area contributed by atoms with Crippen LogP contribution >= 0.6 is 15.9 Å². The van der Waals surface area contributed by atoms with Crippen molar-refractivity contribution in [2.45, 2.75) is 31.7 Å². The number of halogens is 1. The lowest BCUT2D eigenvalue weighted by Gasteiger charge is -2.26. The highest BCUT2D eigenvalue weighted by Crippen LogP contribution is 2.35. The van der Waals surface area contributed by atoms with Crippen LogP contribution in [0, 0.1) is 6.92 Å². The Morgan fingerprint density at radius 3 is 2.88 bits per heavy atom. The summed E-state index contributed by atoms with van der Waals surface area (Å²) in [5.74, 6) is 0.747. The number of hydrogen-bond donors (Lipinski definition) is 1. The van der Waals surface area contributed by atoms with Crippen molar-refractivity contribution in [1.82, 2.24) is 0 Å². The first-order valence-corrected chi connectivity index (χ1v) is 6.44. The standard InChI is InChI=1S/C12H14BrNO2/c1-3-10-12(15)14-9-5-8(6-13)4-7(2)11(9)16-10/h4-5,10H,3,6H2,1-2H3,(H,14,15). The molecule has 1 atom stereocenters. The summed E-state index contributed by atoms with van der Waals surface area (Å²) in [4.78, 5) is 11.7. The molecule has 0 saturated heterocycles. The van der Waals surface area contributed by atoms with Crippen LogP contribution < -0.4 is 10.1 Å². The molecule has 0 aliphatic carbocycles. The Bertz CT molecular complexity index is 431. The molecule has 1 unspecified atom stereocenters. The van der Waals surface area contributed by atoms with E-state index < -0.39 is 0 Å². The van der Waals surface area contributed by atoms with Gasteiger partial charge in [-0.25, -0.2) is 0 Å². The Morgan fingerprint density at radius 1 is 1.50 bits per heavy atom. The second-order valence-electron chi connectivity index (χ2n) is 3.93. The van der Waals surface area contributed by atoms with Crippen LogP contribution in [-0.2, 0) is 10.1 Å². The molecule has 1 heterocycles. The van der Waals surface area contributed by atoms with Crippen LogP contribution in [0.2, 0.25) is 0 Å². The number of ether oxygens (including phenoxy) is 1. The molecule has 1 aliphatic rings. The van der Waals surface area contributed by atoms with Crippen molar-refractivity contribution in [2.75, 3.05) is 5.32 Å². The van der Waals surface area contributed by atoms with E-state index in [9.17, 15) is 4.79 Å². The molecule has 2 rings (SSSR count). The van der Waals surface area contributed by atoms with Crippen molar-refractivity contribution >= 4 is 27.5 Å². The van der Waals surface area contributed by atoms with Gasteiger partial charge in [0.2, 0.25) is 0 Å². The van der Waals surface area contributed by atoms with E-state index in [1.54, 1.807) is 0 Å². The lowest BCUT2D eigenvalue weighted by Crippen LogP contribution is -2.36. The summed E-state index contributed by atoms with van der Waals surface area (Å²) in [6.45, 7) is 3.94. The molecule has 86 valence electrons. The first kappa shape index (κ1) is 11.5. The third-order valence-electron chi connectivity index (χ3n) is 2.67. The summed E-state index contributed by atoms with van der Waals surface area (Å²) >= 11 is 3.41. The number of amides is 1. The number of benzene rings is 1. The SMILES string of the molecule is CCC1Oc2c(C)cc(CBr)cc2NC1=O. The molecule has 16 heavy (non-hydrogen) atoms. The number of aryl methyl sites for hydroxylation is 1. The van der Waals surface area contributed by atoms with Gasteiger partial charge in [0.15, 0.2) is 6.10 Å². The van der Waals surface area contributed by atoms with Crippen molar-refractivity contribution in [3.05, 3.63) is 23.3 Å². The number of carbonyl (C=O) groups excluding carboxylic acids is 1. The van der Waals surface area contributed by atoms with Crippen LogP contribution in [0.4, 0.5) is 5.69 Å². The summed E-state index contributed by atoms with van der Waals surface area (Å²) < 4.78 is 5.70. The molecule has 1 aromatic rings. The van der Waals surface area contributed by atoms with Crippen LogP contribution in [0.1, 0.15) is 24.5 Å². The fraction of sp³-hybridized carbons (Fsp3) is 0.417. The van der Waals surface area contributed by atoms with Gasteiger partial charge in [0.05, 0.1) is 5.69 Å². The van der Waals surface area contributed by atoms with Crippen LogP contribution in [0.5, 0.6) is 5.75 Å². The minimum absolute atomic E-state index is 0.0545. The molecule has 3 nitrogen and oxygen atoms in total. The second-order valence-corrected chi connectivity index (χ2v) is 4.49. The van der Waals surface area contributed by atoms with Crippen LogP contribution in [-0.4, -0.2) is 12.0 Å². The molecule has 0 aromatic heterocycles. The number of hydrogen-bond acceptors (Lipinski definition) is 2. The molecule has 0 fully saturated rings. The topological polar surface area (TPSA) is 38.3 Å². The van der Waals surface area contributed by atoms with E-state index >= 15 is 0 Å². The third kappa shape index (κ3) is 1.94. The van der Waals surface area contributed by atoms with Gasteiger partial charge in [0.25, 0.3) is 5.91 Å². The Balaban J connectivity index is 2.42. The molecule has 0 spiro atoms. The number of nitrogens with one attached hydrogen (secondary N) is 1. The van der Waals surface area contributed by atoms with Crippen LogP contribution in [0.3, 0.4) is 0 Å². The Kier molecular flexibility index (Phi) is 3.19. The van der Waals surface area contributed by atoms with Gasteiger partial charge < -0.3 is 10.1 Å². The fourth-order valence-electron chi connectivity index (χ4n) is 1.85. The van der Waals surface area contributed by atoms with E-state index in [0.29, 0.717) is 6.42 Å². The Morgan fingerprint density at radius 2 is 2.25 bits per heavy atom. The third-order valence-corrected chi connectivity index (χ3v) is 3.32. The molecular formula is C12H14BrNO2. The summed E-state index contributed by atoms with van der Waals surface area (Å²) in [7, 11) is 0. The quantitative estimate of drug-likeness (QED) is 0.848. The highest BCUT2D eigenvalue weighted by Gasteiger charge is 2.27. The number of anilines is 1. The molecule has 1 amide bonds. The van der Waals surface area contributed by atoms with Crippen molar-refractivity contribution in [2.24, 2.45) is 0 Å². The molecule has 0 bridgehead atoms. The fourth-order valence-corrected chi connectivity index (χ4v) is 2.18. The van der Waals surface area contributed by atoms with E-state index in [4.69, 9.17) is 4.74 Å². The zero-order valence-corrected chi connectivity index (χ0v) is 10.9. The summed E-state index contributed by atoms with van der Waals surface area (Å²) in [5, 5.41) is 3.66. The van der Waals surface area contributed by atoms with Crippen LogP contribution in [0.25, 0.3) is 0 Å². The van der Waals surface area contributed by atoms with Crippen molar-refractivity contribution < 1.29 is 9.53 Å². The van der Waals surface area contributed by atoms with Gasteiger partial charge in [-0.1, -0.05) is 28.9 Å². The molecule has 1 aromatic carbocycles. The van der Waals surface area contributed by atoms with E-state index in [1.165, 1.54) is 0 Å². The van der Waals surface area contributed by atoms with Crippen LogP contribution in [0.15, 0.2) is 12.1 Å². The zero-order chi connectivity index (χ0) is 11.7. The first-order chi connectivity index (χ1) is 7.65. The van der Waals surface area contributed by atoms with Gasteiger partial charge in [-0.05, 0) is 30.5 Å². The first-order valence-electron chi connectivity index (χ1n) is 5.32. The summed E-state index contributed by atoms with van der Waals surface area (Å²) in [6, 6.07) is 4.01. The van der Waals surface area contributed by atoms with Gasteiger partial charge in [-0.15, -0.1) is 0 Å². The van der Waals surface area contributed by atoms with Gasteiger partial charge in [-0.2, -0.15) is 0 Å². The minimum Gasteiger partial charge on any atom is -0.478 e. The van der Waals surface area contributed by atoms with E-state index in [1.807, 2.05) is 19.9 Å². The highest BCUT2D eigenvalue weighted by atomic mass is 79.9. The number of fused-ring (bicyclic) bond motifs is 1. The van der Waals surface area contributed by atoms with Crippen molar-refractivity contribution in [3.63, 3.8) is 0 Å². The largest absolute Gasteiger partial charge is 0.478 e. The van der Waals surface area contributed by atoms with Gasteiger partial charge in [0, 0.05) is 5.33 Å². The Hall–Kier alpha value is -1.03. The lowest BCUT2D eigenvalue weighted by molar-refractivity contribution is -0.123. The number of rotatable bonds is 2. The van der Waals surface area contributed by atoms with Gasteiger partial charge in [0.1, 0.15) is 5.75 Å². The lowest BCUT2D eigenvalue weighted by atomic mass is 10.1. The average Bonchev–Trinajstić information content (AvgIpc) is 2.28. The molecule has 0 saturated carbocycles. The zero-order valence-electron chi connectivity index (χ0n) is 9.34. The van der Waals surface area contributed by atoms with E-state index in [0.717, 1.165) is 27.9 Å². The van der Waals surface area contributed by atoms with Gasteiger partial charge >= 0.3 is 0 Å². The maximum atomic E-state index is 11.7. The molecule has 4 heteroatoms. The average molecular weight is 284 g/mol. The summed E-state index contributed by atoms with van der Waals surface area (Å²) in [5.41, 5.74) is 2.98. The predicted molar refractivity (Wildman–Crippen MR) is 67.1 cm³/mol. The van der Waals surface area contributed by atoms with Gasteiger partial charge in [-0.3, -0.25) is 4.79 Å². The normalized spacial score (nSPS) is 18.7. The second kappa shape index (κ2) is 4.45. The van der Waals surface area contributed by atoms with E-state index in [-0.39, 0.29) is 12.0 Å². The summed E-state index contributed by atoms with van der Waals surface area (Å²) in [6.07, 6.45) is 0.325. The van der Waals surface area contributed by atoms with Crippen molar-refractivity contribution in [3.8, 4) is 5.75 Å². The smallest absolute Gasteiger partial charge is 0.265 e. The number of alkyl halides is 1. The molecule has 0 radical (unpaired) electrons. The highest BCUT2D eigenvalue weighted by molar-refractivity contribution is 9.08. The molecule has 1 N–H and O–H groups in total. The molecule has 1 aliphatic heterocycles. The van der Waals surface area contributed by atoms with E-state index in [2.05, 4.69) is 27.3 Å². The monoisotopic (exact) mass is 283 g/mol.